The molecule has 0 unspecified atom stereocenters. The summed E-state index contributed by atoms with van der Waals surface area (Å²) in [4.78, 5) is 40.6. The predicted octanol–water partition coefficient (Wildman–Crippen LogP) is 2.06. The van der Waals surface area contributed by atoms with Gasteiger partial charge in [0.15, 0.2) is 32.5 Å². The number of ether oxygens (including phenoxy) is 3. The number of aromatic nitrogens is 2. The maximum Gasteiger partial charge on any atom is 0.353 e. The Morgan fingerprint density at radius 3 is 2.48 bits per heavy atom. The molecule has 0 aromatic carbocycles. The van der Waals surface area contributed by atoms with E-state index in [9.17, 15) is 14.4 Å². The Morgan fingerprint density at radius 2 is 1.97 bits per heavy atom. The van der Waals surface area contributed by atoms with Crippen LogP contribution in [0.15, 0.2) is 17.1 Å². The quantitative estimate of drug-likeness (QED) is 0.482. The van der Waals surface area contributed by atoms with Crippen LogP contribution in [0.4, 0.5) is 0 Å². The van der Waals surface area contributed by atoms with Crippen LogP contribution in [-0.2, 0) is 23.5 Å². The van der Waals surface area contributed by atoms with Crippen LogP contribution in [0.2, 0.25) is 18.1 Å². The van der Waals surface area contributed by atoms with Crippen molar-refractivity contribution in [3.8, 4) is 5.88 Å². The lowest BCUT2D eigenvalue weighted by Crippen LogP contribution is -2.48. The van der Waals surface area contributed by atoms with Crippen LogP contribution in [0.1, 0.15) is 40.8 Å². The van der Waals surface area contributed by atoms with Crippen LogP contribution in [0.5, 0.6) is 5.88 Å². The van der Waals surface area contributed by atoms with Crippen molar-refractivity contribution in [3.05, 3.63) is 22.7 Å². The van der Waals surface area contributed by atoms with E-state index in [1.54, 1.807) is 6.92 Å². The van der Waals surface area contributed by atoms with Gasteiger partial charge in [-0.2, -0.15) is 4.98 Å². The van der Waals surface area contributed by atoms with Crippen molar-refractivity contribution in [2.45, 2.75) is 71.2 Å². The van der Waals surface area contributed by atoms with E-state index in [0.29, 0.717) is 6.61 Å². The predicted molar refractivity (Wildman–Crippen MR) is 107 cm³/mol. The zero-order valence-electron chi connectivity index (χ0n) is 18.1. The zero-order chi connectivity index (χ0) is 22.0. The largest absolute Gasteiger partial charge is 0.478 e. The molecule has 0 spiro atoms. The Kier molecular flexibility index (Phi) is 7.02. The van der Waals surface area contributed by atoms with Crippen molar-refractivity contribution in [2.24, 2.45) is 0 Å². The van der Waals surface area contributed by atoms with E-state index in [0.717, 1.165) is 0 Å². The monoisotopic (exact) mass is 426 g/mol. The highest BCUT2D eigenvalue weighted by Gasteiger charge is 2.50. The van der Waals surface area contributed by atoms with Crippen LogP contribution < -0.4 is 10.4 Å². The molecule has 0 N–H and O–H groups in total. The van der Waals surface area contributed by atoms with Crippen molar-refractivity contribution in [1.82, 2.24) is 9.55 Å². The minimum atomic E-state index is -2.37. The van der Waals surface area contributed by atoms with Gasteiger partial charge in [-0.3, -0.25) is 14.2 Å². The molecule has 1 aromatic heterocycles. The maximum atomic E-state index is 13.0. The number of hydrogen-bond donors (Lipinski definition) is 0. The lowest BCUT2D eigenvalue weighted by molar-refractivity contribution is -0.147. The van der Waals surface area contributed by atoms with Crippen molar-refractivity contribution in [3.63, 3.8) is 0 Å². The SMILES string of the molecule is CCOc1ccn([C@@H]2O[C@H](COC(C)=O)C(=O)[C@H]2O[Si](C)(C)C(C)(C)C)c(=O)n1. The van der Waals surface area contributed by atoms with Crippen LogP contribution in [-0.4, -0.2) is 55.0 Å². The molecule has 1 aromatic rings. The van der Waals surface area contributed by atoms with Crippen molar-refractivity contribution in [1.29, 1.82) is 0 Å². The Balaban J connectivity index is 2.39. The van der Waals surface area contributed by atoms with E-state index in [1.807, 2.05) is 13.1 Å². The lowest BCUT2D eigenvalue weighted by atomic mass is 10.2. The van der Waals surface area contributed by atoms with Crippen LogP contribution in [0, 0.1) is 0 Å². The Bertz CT molecular complexity index is 816. The highest BCUT2D eigenvalue weighted by atomic mass is 28.4. The molecule has 0 radical (unpaired) electrons. The first kappa shape index (κ1) is 23.2. The van der Waals surface area contributed by atoms with Gasteiger partial charge in [0.1, 0.15) is 6.61 Å². The second-order valence-electron chi connectivity index (χ2n) is 8.41. The summed E-state index contributed by atoms with van der Waals surface area (Å²) in [6.45, 7) is 13.3. The molecular weight excluding hydrogens is 396 g/mol. The Hall–Kier alpha value is -2.04. The molecule has 3 atom stereocenters. The molecule has 1 aliphatic heterocycles. The summed E-state index contributed by atoms with van der Waals surface area (Å²) in [5, 5.41) is -0.159. The van der Waals surface area contributed by atoms with E-state index >= 15 is 0 Å². The molecule has 9 nitrogen and oxygen atoms in total. The molecule has 1 fully saturated rings. The number of hydrogen-bond acceptors (Lipinski definition) is 8. The molecule has 1 aliphatic rings. The number of esters is 1. The van der Waals surface area contributed by atoms with Gasteiger partial charge in [0.05, 0.1) is 6.61 Å². The standard InChI is InChI=1S/C19H30N2O7Si/c1-8-25-14-9-10-21(18(24)20-14)17-16(28-29(6,7)19(3,4)5)15(23)13(27-17)11-26-12(2)22/h9-10,13,16-17H,8,11H2,1-7H3/t13-,16-,17-/m1/s1. The third-order valence-corrected chi connectivity index (χ3v) is 9.65. The fraction of sp³-hybridized carbons (Fsp3) is 0.684. The van der Waals surface area contributed by atoms with Gasteiger partial charge in [-0.15, -0.1) is 0 Å². The summed E-state index contributed by atoms with van der Waals surface area (Å²) in [6.07, 6.45) is -1.56. The highest BCUT2D eigenvalue weighted by molar-refractivity contribution is 6.74. The number of Topliss-reactive ketones (excluding diaryl/α,β-unsaturated/α-hetero) is 1. The number of carbonyl (C=O) groups is 2. The van der Waals surface area contributed by atoms with Crippen LogP contribution in [0.3, 0.4) is 0 Å². The lowest BCUT2D eigenvalue weighted by Gasteiger charge is -2.38. The average molecular weight is 427 g/mol. The molecular formula is C19H30N2O7Si. The summed E-state index contributed by atoms with van der Waals surface area (Å²) in [7, 11) is -2.37. The normalized spacial score (nSPS) is 22.6. The number of carbonyl (C=O) groups excluding carboxylic acids is 2. The van der Waals surface area contributed by atoms with Gasteiger partial charge in [0.25, 0.3) is 0 Å². The van der Waals surface area contributed by atoms with Gasteiger partial charge < -0.3 is 18.6 Å². The summed E-state index contributed by atoms with van der Waals surface area (Å²) >= 11 is 0. The third kappa shape index (κ3) is 5.31. The van der Waals surface area contributed by atoms with Crippen molar-refractivity contribution < 1.29 is 28.2 Å². The fourth-order valence-electron chi connectivity index (χ4n) is 2.59. The molecule has 29 heavy (non-hydrogen) atoms. The minimum absolute atomic E-state index is 0.159. The first-order valence-corrected chi connectivity index (χ1v) is 12.5. The van der Waals surface area contributed by atoms with Gasteiger partial charge in [0.2, 0.25) is 5.88 Å². The summed E-state index contributed by atoms with van der Waals surface area (Å²) < 4.78 is 23.6. The second kappa shape index (κ2) is 8.76. The Morgan fingerprint density at radius 1 is 1.31 bits per heavy atom. The van der Waals surface area contributed by atoms with Gasteiger partial charge in [-0.25, -0.2) is 4.79 Å². The first-order chi connectivity index (χ1) is 13.4. The van der Waals surface area contributed by atoms with E-state index in [1.165, 1.54) is 23.8 Å². The molecule has 1 saturated heterocycles. The minimum Gasteiger partial charge on any atom is -0.478 e. The first-order valence-electron chi connectivity index (χ1n) is 9.59. The van der Waals surface area contributed by atoms with Crippen molar-refractivity contribution >= 4 is 20.1 Å². The Labute approximate surface area is 171 Å². The van der Waals surface area contributed by atoms with Crippen LogP contribution in [0.25, 0.3) is 0 Å². The second-order valence-corrected chi connectivity index (χ2v) is 13.2. The average Bonchev–Trinajstić information content (AvgIpc) is 2.88. The number of ketones is 1. The van der Waals surface area contributed by atoms with Crippen LogP contribution >= 0.6 is 0 Å². The van der Waals surface area contributed by atoms with E-state index in [-0.39, 0.29) is 23.3 Å². The molecule has 0 aliphatic carbocycles. The van der Waals surface area contributed by atoms with E-state index < -0.39 is 38.4 Å². The highest BCUT2D eigenvalue weighted by Crippen LogP contribution is 2.40. The molecule has 0 bridgehead atoms. The molecule has 2 heterocycles. The number of rotatable bonds is 7. The number of nitrogens with zero attached hydrogens (tertiary/aromatic N) is 2. The summed E-state index contributed by atoms with van der Waals surface area (Å²) in [5.41, 5.74) is -0.620. The molecule has 162 valence electrons. The van der Waals surface area contributed by atoms with E-state index in [4.69, 9.17) is 18.6 Å². The molecule has 0 amide bonds. The van der Waals surface area contributed by atoms with Gasteiger partial charge in [-0.1, -0.05) is 20.8 Å². The van der Waals surface area contributed by atoms with Gasteiger partial charge >= 0.3 is 11.7 Å². The third-order valence-electron chi connectivity index (χ3n) is 5.20. The van der Waals surface area contributed by atoms with Gasteiger partial charge in [0, 0.05) is 19.2 Å². The van der Waals surface area contributed by atoms with Crippen molar-refractivity contribution in [2.75, 3.05) is 13.2 Å². The van der Waals surface area contributed by atoms with Gasteiger partial charge in [-0.05, 0) is 25.1 Å². The fourth-order valence-corrected chi connectivity index (χ4v) is 3.81. The topological polar surface area (TPSA) is 106 Å². The zero-order valence-corrected chi connectivity index (χ0v) is 19.1. The molecule has 10 heteroatoms. The summed E-state index contributed by atoms with van der Waals surface area (Å²) in [6, 6.07) is 1.53. The smallest absolute Gasteiger partial charge is 0.353 e. The molecule has 0 saturated carbocycles. The maximum absolute atomic E-state index is 13.0. The molecule has 2 rings (SSSR count). The summed E-state index contributed by atoms with van der Waals surface area (Å²) in [5.74, 6) is -0.690. The van der Waals surface area contributed by atoms with E-state index in [2.05, 4.69) is 25.8 Å².